The minimum absolute atomic E-state index is 0.165. The molecule has 2 heterocycles. The average molecular weight is 254 g/mol. The lowest BCUT2D eigenvalue weighted by Crippen LogP contribution is -2.39. The fourth-order valence-electron chi connectivity index (χ4n) is 2.27. The minimum Gasteiger partial charge on any atom is -0.371 e. The summed E-state index contributed by atoms with van der Waals surface area (Å²) < 4.78 is 22.9. The van der Waals surface area contributed by atoms with Gasteiger partial charge in [-0.2, -0.15) is 0 Å². The van der Waals surface area contributed by atoms with Gasteiger partial charge in [-0.3, -0.25) is 4.98 Å². The number of aryl methyl sites for hydroxylation is 1. The molecule has 0 amide bonds. The number of piperidine rings is 1. The molecule has 0 radical (unpaired) electrons. The molecular formula is C12H18N2O2S. The molecule has 1 saturated heterocycles. The van der Waals surface area contributed by atoms with Crippen LogP contribution in [0.3, 0.4) is 0 Å². The Hall–Kier alpha value is -1.10. The number of sulfone groups is 1. The summed E-state index contributed by atoms with van der Waals surface area (Å²) in [5, 5.41) is -0.165. The van der Waals surface area contributed by atoms with Crippen LogP contribution in [-0.4, -0.2) is 38.0 Å². The van der Waals surface area contributed by atoms with Crippen LogP contribution in [0.4, 0.5) is 5.69 Å². The zero-order valence-corrected chi connectivity index (χ0v) is 11.1. The van der Waals surface area contributed by atoms with Gasteiger partial charge in [0.1, 0.15) is 9.84 Å². The van der Waals surface area contributed by atoms with E-state index in [1.54, 1.807) is 6.20 Å². The molecule has 0 aromatic carbocycles. The summed E-state index contributed by atoms with van der Waals surface area (Å²) in [5.41, 5.74) is 2.14. The van der Waals surface area contributed by atoms with Crippen molar-refractivity contribution in [1.29, 1.82) is 0 Å². The van der Waals surface area contributed by atoms with Crippen LogP contribution in [-0.2, 0) is 9.84 Å². The summed E-state index contributed by atoms with van der Waals surface area (Å²) in [6, 6.07) is 4.02. The van der Waals surface area contributed by atoms with Crippen LogP contribution in [0.25, 0.3) is 0 Å². The number of anilines is 1. The molecule has 94 valence electrons. The number of pyridine rings is 1. The quantitative estimate of drug-likeness (QED) is 0.800. The van der Waals surface area contributed by atoms with Gasteiger partial charge in [0, 0.05) is 36.9 Å². The van der Waals surface area contributed by atoms with Crippen molar-refractivity contribution in [2.75, 3.05) is 24.2 Å². The highest BCUT2D eigenvalue weighted by molar-refractivity contribution is 7.91. The highest BCUT2D eigenvalue weighted by atomic mass is 32.2. The number of hydrogen-bond donors (Lipinski definition) is 0. The second-order valence-electron chi connectivity index (χ2n) is 4.67. The predicted molar refractivity (Wildman–Crippen MR) is 69.1 cm³/mol. The van der Waals surface area contributed by atoms with Crippen molar-refractivity contribution >= 4 is 15.5 Å². The summed E-state index contributed by atoms with van der Waals surface area (Å²) >= 11 is 0. The molecule has 0 saturated carbocycles. The first-order valence-electron chi connectivity index (χ1n) is 5.83. The molecule has 4 nitrogen and oxygen atoms in total. The van der Waals surface area contributed by atoms with Gasteiger partial charge < -0.3 is 4.90 Å². The molecule has 0 spiro atoms. The molecule has 2 rings (SSSR count). The summed E-state index contributed by atoms with van der Waals surface area (Å²) in [6.07, 6.45) is 4.58. The van der Waals surface area contributed by atoms with E-state index in [4.69, 9.17) is 0 Å². The fraction of sp³-hybridized carbons (Fsp3) is 0.583. The normalized spacial score (nSPS) is 18.4. The second kappa shape index (κ2) is 4.64. The molecule has 0 aliphatic carbocycles. The van der Waals surface area contributed by atoms with Crippen molar-refractivity contribution in [3.63, 3.8) is 0 Å². The minimum atomic E-state index is -2.88. The van der Waals surface area contributed by atoms with E-state index in [1.807, 2.05) is 19.1 Å². The Morgan fingerprint density at radius 2 is 2.00 bits per heavy atom. The molecule has 5 heteroatoms. The summed E-state index contributed by atoms with van der Waals surface area (Å²) in [5.74, 6) is 0. The van der Waals surface area contributed by atoms with Gasteiger partial charge in [-0.25, -0.2) is 8.42 Å². The Morgan fingerprint density at radius 3 is 2.53 bits per heavy atom. The molecule has 1 aromatic heterocycles. The van der Waals surface area contributed by atoms with Crippen molar-refractivity contribution in [3.8, 4) is 0 Å². The largest absolute Gasteiger partial charge is 0.371 e. The maximum Gasteiger partial charge on any atom is 0.150 e. The summed E-state index contributed by atoms with van der Waals surface area (Å²) in [4.78, 5) is 6.40. The van der Waals surface area contributed by atoms with E-state index in [9.17, 15) is 8.42 Å². The van der Waals surface area contributed by atoms with Crippen molar-refractivity contribution in [1.82, 2.24) is 4.98 Å². The molecule has 1 aliphatic rings. The third-order valence-corrected chi connectivity index (χ3v) is 4.98. The van der Waals surface area contributed by atoms with Gasteiger partial charge in [0.2, 0.25) is 0 Å². The first-order valence-corrected chi connectivity index (χ1v) is 7.79. The van der Waals surface area contributed by atoms with Crippen LogP contribution in [0.1, 0.15) is 18.5 Å². The van der Waals surface area contributed by atoms with Crippen molar-refractivity contribution < 1.29 is 8.42 Å². The Morgan fingerprint density at radius 1 is 1.35 bits per heavy atom. The van der Waals surface area contributed by atoms with E-state index in [-0.39, 0.29) is 5.25 Å². The number of hydrogen-bond acceptors (Lipinski definition) is 4. The van der Waals surface area contributed by atoms with Gasteiger partial charge in [0.25, 0.3) is 0 Å². The maximum absolute atomic E-state index is 11.5. The number of aromatic nitrogens is 1. The van der Waals surface area contributed by atoms with Crippen LogP contribution in [0.15, 0.2) is 18.3 Å². The van der Waals surface area contributed by atoms with Crippen molar-refractivity contribution in [3.05, 3.63) is 24.0 Å². The van der Waals surface area contributed by atoms with E-state index in [2.05, 4.69) is 9.88 Å². The summed E-state index contributed by atoms with van der Waals surface area (Å²) in [7, 11) is -2.88. The molecule has 17 heavy (non-hydrogen) atoms. The van der Waals surface area contributed by atoms with E-state index >= 15 is 0 Å². The predicted octanol–water partition coefficient (Wildman–Crippen LogP) is 1.40. The van der Waals surface area contributed by atoms with Gasteiger partial charge in [-0.05, 0) is 31.9 Å². The highest BCUT2D eigenvalue weighted by Crippen LogP contribution is 2.22. The smallest absolute Gasteiger partial charge is 0.150 e. The molecule has 0 bridgehead atoms. The van der Waals surface area contributed by atoms with E-state index in [0.29, 0.717) is 0 Å². The Balaban J connectivity index is 2.05. The second-order valence-corrected chi connectivity index (χ2v) is 7.00. The first-order chi connectivity index (χ1) is 7.97. The van der Waals surface area contributed by atoms with Gasteiger partial charge >= 0.3 is 0 Å². The lowest BCUT2D eigenvalue weighted by molar-refractivity contribution is 0.534. The molecule has 0 unspecified atom stereocenters. The first kappa shape index (κ1) is 12.4. The molecule has 1 fully saturated rings. The third-order valence-electron chi connectivity index (χ3n) is 3.29. The van der Waals surface area contributed by atoms with Crippen LogP contribution >= 0.6 is 0 Å². The maximum atomic E-state index is 11.5. The average Bonchev–Trinajstić information content (AvgIpc) is 2.28. The lowest BCUT2D eigenvalue weighted by Gasteiger charge is -2.32. The standard InChI is InChI=1S/C12H18N2O2S/c1-10-9-11(3-6-13-10)14-7-4-12(5-8-14)17(2,15)16/h3,6,9,12H,4-5,7-8H2,1-2H3. The monoisotopic (exact) mass is 254 g/mol. The summed E-state index contributed by atoms with van der Waals surface area (Å²) in [6.45, 7) is 3.58. The SMILES string of the molecule is Cc1cc(N2CCC(S(C)(=O)=O)CC2)ccn1. The Kier molecular flexibility index (Phi) is 3.38. The van der Waals surface area contributed by atoms with Gasteiger partial charge in [0.15, 0.2) is 0 Å². The zero-order chi connectivity index (χ0) is 12.5. The van der Waals surface area contributed by atoms with Gasteiger partial charge in [-0.1, -0.05) is 0 Å². The third kappa shape index (κ3) is 2.97. The van der Waals surface area contributed by atoms with Crippen LogP contribution in [0.5, 0.6) is 0 Å². The number of nitrogens with zero attached hydrogens (tertiary/aromatic N) is 2. The number of rotatable bonds is 2. The fourth-order valence-corrected chi connectivity index (χ4v) is 3.34. The topological polar surface area (TPSA) is 50.3 Å². The van der Waals surface area contributed by atoms with E-state index < -0.39 is 9.84 Å². The van der Waals surface area contributed by atoms with E-state index in [0.717, 1.165) is 37.3 Å². The highest BCUT2D eigenvalue weighted by Gasteiger charge is 2.26. The Bertz CT molecular complexity index is 491. The van der Waals surface area contributed by atoms with Crippen LogP contribution in [0, 0.1) is 6.92 Å². The molecular weight excluding hydrogens is 236 g/mol. The van der Waals surface area contributed by atoms with Crippen molar-refractivity contribution in [2.45, 2.75) is 25.0 Å². The lowest BCUT2D eigenvalue weighted by atomic mass is 10.1. The Labute approximate surface area is 103 Å². The molecule has 0 atom stereocenters. The van der Waals surface area contributed by atoms with Crippen LogP contribution < -0.4 is 4.90 Å². The van der Waals surface area contributed by atoms with Crippen LogP contribution in [0.2, 0.25) is 0 Å². The zero-order valence-electron chi connectivity index (χ0n) is 10.3. The van der Waals surface area contributed by atoms with Crippen molar-refractivity contribution in [2.24, 2.45) is 0 Å². The molecule has 0 N–H and O–H groups in total. The molecule has 1 aromatic rings. The van der Waals surface area contributed by atoms with Gasteiger partial charge in [-0.15, -0.1) is 0 Å². The van der Waals surface area contributed by atoms with E-state index in [1.165, 1.54) is 6.26 Å². The van der Waals surface area contributed by atoms with Gasteiger partial charge in [0.05, 0.1) is 5.25 Å². The molecule has 1 aliphatic heterocycles.